The van der Waals surface area contributed by atoms with Crippen molar-refractivity contribution >= 4 is 11.8 Å². The molecular formula is C17H20N4O3. The zero-order chi connectivity index (χ0) is 16.8. The fourth-order valence-electron chi connectivity index (χ4n) is 2.67. The second kappa shape index (κ2) is 7.74. The fraction of sp³-hybridized carbons (Fsp3) is 0.353. The van der Waals surface area contributed by atoms with Crippen LogP contribution in [0.4, 0.5) is 0 Å². The van der Waals surface area contributed by atoms with Crippen LogP contribution in [0.15, 0.2) is 47.3 Å². The van der Waals surface area contributed by atoms with Crippen molar-refractivity contribution < 1.29 is 14.0 Å². The minimum Gasteiger partial charge on any atom is -0.459 e. The third-order valence-electron chi connectivity index (χ3n) is 4.00. The first kappa shape index (κ1) is 16.2. The van der Waals surface area contributed by atoms with Crippen molar-refractivity contribution in [1.82, 2.24) is 20.1 Å². The van der Waals surface area contributed by atoms with Crippen molar-refractivity contribution in [3.63, 3.8) is 0 Å². The Morgan fingerprint density at radius 1 is 1.17 bits per heavy atom. The van der Waals surface area contributed by atoms with Gasteiger partial charge in [-0.05, 0) is 23.8 Å². The van der Waals surface area contributed by atoms with Gasteiger partial charge in [-0.2, -0.15) is 0 Å². The van der Waals surface area contributed by atoms with E-state index in [9.17, 15) is 9.59 Å². The monoisotopic (exact) mass is 328 g/mol. The average Bonchev–Trinajstić information content (AvgIpc) is 3.16. The van der Waals surface area contributed by atoms with Gasteiger partial charge in [0.05, 0.1) is 12.8 Å². The zero-order valence-corrected chi connectivity index (χ0v) is 13.4. The highest BCUT2D eigenvalue weighted by Crippen LogP contribution is 2.07. The van der Waals surface area contributed by atoms with E-state index in [1.807, 2.05) is 12.3 Å². The van der Waals surface area contributed by atoms with E-state index in [4.69, 9.17) is 4.42 Å². The average molecular weight is 328 g/mol. The summed E-state index contributed by atoms with van der Waals surface area (Å²) in [4.78, 5) is 32.1. The molecule has 0 bridgehead atoms. The van der Waals surface area contributed by atoms with E-state index in [0.29, 0.717) is 13.1 Å². The van der Waals surface area contributed by atoms with Crippen LogP contribution < -0.4 is 5.32 Å². The third-order valence-corrected chi connectivity index (χ3v) is 4.00. The second-order valence-corrected chi connectivity index (χ2v) is 5.68. The lowest BCUT2D eigenvalue weighted by atomic mass is 10.2. The minimum absolute atomic E-state index is 0.0118. The zero-order valence-electron chi connectivity index (χ0n) is 13.4. The molecular weight excluding hydrogens is 308 g/mol. The summed E-state index contributed by atoms with van der Waals surface area (Å²) in [5.74, 6) is -0.233. The third kappa shape index (κ3) is 4.20. The summed E-state index contributed by atoms with van der Waals surface area (Å²) in [7, 11) is 0. The number of furan rings is 1. The van der Waals surface area contributed by atoms with Gasteiger partial charge in [-0.25, -0.2) is 0 Å². The number of pyridine rings is 1. The quantitative estimate of drug-likeness (QED) is 0.876. The number of nitrogens with one attached hydrogen (secondary N) is 1. The maximum atomic E-state index is 12.2. The molecule has 0 saturated carbocycles. The van der Waals surface area contributed by atoms with E-state index in [1.54, 1.807) is 23.2 Å². The lowest BCUT2D eigenvalue weighted by molar-refractivity contribution is -0.131. The van der Waals surface area contributed by atoms with Gasteiger partial charge in [0, 0.05) is 45.1 Å². The van der Waals surface area contributed by atoms with Crippen LogP contribution >= 0.6 is 0 Å². The molecule has 0 aromatic carbocycles. The molecule has 3 heterocycles. The lowest BCUT2D eigenvalue weighted by Crippen LogP contribution is -2.50. The Hall–Kier alpha value is -2.67. The molecule has 1 N–H and O–H groups in total. The number of aromatic nitrogens is 1. The first-order chi connectivity index (χ1) is 11.7. The van der Waals surface area contributed by atoms with Crippen LogP contribution in [0.2, 0.25) is 0 Å². The summed E-state index contributed by atoms with van der Waals surface area (Å²) in [5, 5.41) is 2.59. The largest absolute Gasteiger partial charge is 0.459 e. The van der Waals surface area contributed by atoms with Crippen molar-refractivity contribution in [3.8, 4) is 0 Å². The predicted octanol–water partition coefficient (Wildman–Crippen LogP) is 0.749. The van der Waals surface area contributed by atoms with Crippen molar-refractivity contribution in [1.29, 1.82) is 0 Å². The molecule has 7 nitrogen and oxygen atoms in total. The molecule has 1 aliphatic rings. The summed E-state index contributed by atoms with van der Waals surface area (Å²) < 4.78 is 4.99. The molecule has 0 radical (unpaired) electrons. The number of piperazine rings is 1. The van der Waals surface area contributed by atoms with E-state index in [0.717, 1.165) is 19.6 Å². The number of amides is 2. The van der Waals surface area contributed by atoms with Gasteiger partial charge in [0.25, 0.3) is 5.91 Å². The molecule has 0 unspecified atom stereocenters. The van der Waals surface area contributed by atoms with Gasteiger partial charge in [0.15, 0.2) is 5.76 Å². The Morgan fingerprint density at radius 2 is 2.00 bits per heavy atom. The first-order valence-corrected chi connectivity index (χ1v) is 7.93. The summed E-state index contributed by atoms with van der Waals surface area (Å²) >= 11 is 0. The van der Waals surface area contributed by atoms with E-state index in [2.05, 4.69) is 21.3 Å². The highest BCUT2D eigenvalue weighted by atomic mass is 16.3. The number of carbonyl (C=O) groups excluding carboxylic acids is 2. The maximum absolute atomic E-state index is 12.2. The molecule has 7 heteroatoms. The number of rotatable bonds is 5. The van der Waals surface area contributed by atoms with Gasteiger partial charge in [0.2, 0.25) is 5.91 Å². The molecule has 3 rings (SSSR count). The molecule has 0 atom stereocenters. The van der Waals surface area contributed by atoms with E-state index in [1.165, 1.54) is 11.8 Å². The van der Waals surface area contributed by atoms with E-state index in [-0.39, 0.29) is 24.1 Å². The molecule has 2 aromatic rings. The van der Waals surface area contributed by atoms with Crippen molar-refractivity contribution in [3.05, 3.63) is 54.2 Å². The molecule has 0 aliphatic carbocycles. The Morgan fingerprint density at radius 3 is 2.67 bits per heavy atom. The van der Waals surface area contributed by atoms with Crippen LogP contribution in [0, 0.1) is 0 Å². The van der Waals surface area contributed by atoms with Crippen LogP contribution in [0.5, 0.6) is 0 Å². The normalized spacial score (nSPS) is 15.2. The van der Waals surface area contributed by atoms with Crippen LogP contribution in [0.25, 0.3) is 0 Å². The van der Waals surface area contributed by atoms with Crippen LogP contribution in [0.1, 0.15) is 16.1 Å². The number of hydrogen-bond donors (Lipinski definition) is 1. The minimum atomic E-state index is -0.372. The van der Waals surface area contributed by atoms with Crippen molar-refractivity contribution in [2.45, 2.75) is 6.54 Å². The molecule has 2 aromatic heterocycles. The topological polar surface area (TPSA) is 78.7 Å². The fourth-order valence-corrected chi connectivity index (χ4v) is 2.67. The molecule has 1 fully saturated rings. The van der Waals surface area contributed by atoms with Crippen molar-refractivity contribution in [2.24, 2.45) is 0 Å². The smallest absolute Gasteiger partial charge is 0.287 e. The van der Waals surface area contributed by atoms with E-state index >= 15 is 0 Å². The lowest BCUT2D eigenvalue weighted by Gasteiger charge is -2.34. The van der Waals surface area contributed by atoms with E-state index < -0.39 is 0 Å². The van der Waals surface area contributed by atoms with Gasteiger partial charge in [-0.3, -0.25) is 19.5 Å². The number of nitrogens with zero attached hydrogens (tertiary/aromatic N) is 3. The van der Waals surface area contributed by atoms with Gasteiger partial charge in [0.1, 0.15) is 0 Å². The van der Waals surface area contributed by atoms with Crippen LogP contribution in [-0.4, -0.2) is 59.3 Å². The summed E-state index contributed by atoms with van der Waals surface area (Å²) in [5.41, 5.74) is 1.17. The molecule has 126 valence electrons. The van der Waals surface area contributed by atoms with Crippen LogP contribution in [-0.2, 0) is 11.3 Å². The summed E-state index contributed by atoms with van der Waals surface area (Å²) in [6.45, 7) is 3.78. The molecule has 1 aliphatic heterocycles. The number of carbonyl (C=O) groups is 2. The second-order valence-electron chi connectivity index (χ2n) is 5.68. The number of hydrogen-bond acceptors (Lipinski definition) is 5. The summed E-state index contributed by atoms with van der Waals surface area (Å²) in [6.07, 6.45) is 5.05. The molecule has 0 spiro atoms. The molecule has 2 amide bonds. The van der Waals surface area contributed by atoms with Gasteiger partial charge in [-0.15, -0.1) is 0 Å². The highest BCUT2D eigenvalue weighted by Gasteiger charge is 2.21. The Kier molecular flexibility index (Phi) is 5.22. The highest BCUT2D eigenvalue weighted by molar-refractivity contribution is 5.94. The van der Waals surface area contributed by atoms with Crippen LogP contribution in [0.3, 0.4) is 0 Å². The first-order valence-electron chi connectivity index (χ1n) is 7.93. The Bertz CT molecular complexity index is 664. The van der Waals surface area contributed by atoms with Gasteiger partial charge >= 0.3 is 0 Å². The Balaban J connectivity index is 1.41. The standard InChI is InChI=1S/C17H20N4O3/c22-16(12-19-17(23)15-4-2-10-24-15)21-8-6-20(7-9-21)13-14-3-1-5-18-11-14/h1-5,10-11H,6-9,12-13H2,(H,19,23). The summed E-state index contributed by atoms with van der Waals surface area (Å²) in [6, 6.07) is 7.18. The molecule has 1 saturated heterocycles. The van der Waals surface area contributed by atoms with Gasteiger partial charge < -0.3 is 14.6 Å². The SMILES string of the molecule is O=C(NCC(=O)N1CCN(Cc2cccnc2)CC1)c1ccco1. The Labute approximate surface area is 140 Å². The van der Waals surface area contributed by atoms with Gasteiger partial charge in [-0.1, -0.05) is 6.07 Å². The predicted molar refractivity (Wildman–Crippen MR) is 87.1 cm³/mol. The maximum Gasteiger partial charge on any atom is 0.287 e. The van der Waals surface area contributed by atoms with Crippen molar-refractivity contribution in [2.75, 3.05) is 32.7 Å². The molecule has 24 heavy (non-hydrogen) atoms.